The van der Waals surface area contributed by atoms with Crippen LogP contribution in [0.5, 0.6) is 0 Å². The zero-order valence-corrected chi connectivity index (χ0v) is 15.2. The highest BCUT2D eigenvalue weighted by Crippen LogP contribution is 2.19. The predicted octanol–water partition coefficient (Wildman–Crippen LogP) is 6.60. The molecule has 0 bridgehead atoms. The minimum Gasteiger partial charge on any atom is -0.378 e. The first-order valence-corrected chi connectivity index (χ1v) is 10.8. The lowest BCUT2D eigenvalue weighted by Gasteiger charge is -2.08. The first-order valence-electron chi connectivity index (χ1n) is 9.63. The van der Waals surface area contributed by atoms with Crippen molar-refractivity contribution in [3.8, 4) is 0 Å². The molecule has 0 N–H and O–H groups in total. The molecule has 21 heavy (non-hydrogen) atoms. The molecule has 0 radical (unpaired) electrons. The highest BCUT2D eigenvalue weighted by Gasteiger charge is 2.14. The standard InChI is InChI=1S/C19H38OS/c1-2-3-17-21-18-12-10-8-6-4-5-7-9-11-14-19-15-13-16-20-19/h19H,2-18H2,1H3. The van der Waals surface area contributed by atoms with Gasteiger partial charge in [-0.15, -0.1) is 0 Å². The third kappa shape index (κ3) is 12.5. The Bertz CT molecular complexity index is 202. The fraction of sp³-hybridized carbons (Fsp3) is 1.00. The molecule has 0 amide bonds. The number of unbranched alkanes of at least 4 members (excludes halogenated alkanes) is 9. The van der Waals surface area contributed by atoms with Crippen molar-refractivity contribution >= 4 is 11.8 Å². The Hall–Kier alpha value is 0.310. The van der Waals surface area contributed by atoms with Gasteiger partial charge in [-0.25, -0.2) is 0 Å². The Morgan fingerprint density at radius 2 is 1.43 bits per heavy atom. The van der Waals surface area contributed by atoms with Crippen LogP contribution in [0.3, 0.4) is 0 Å². The van der Waals surface area contributed by atoms with E-state index in [1.54, 1.807) is 0 Å². The van der Waals surface area contributed by atoms with Crippen LogP contribution in [0.2, 0.25) is 0 Å². The molecule has 1 rings (SSSR count). The zero-order chi connectivity index (χ0) is 15.0. The Morgan fingerprint density at radius 1 is 0.810 bits per heavy atom. The van der Waals surface area contributed by atoms with E-state index in [-0.39, 0.29) is 0 Å². The lowest BCUT2D eigenvalue weighted by Crippen LogP contribution is -2.03. The van der Waals surface area contributed by atoms with Crippen molar-refractivity contribution in [1.82, 2.24) is 0 Å². The molecule has 1 unspecified atom stereocenters. The second-order valence-corrected chi connectivity index (χ2v) is 7.80. The number of thioether (sulfide) groups is 1. The van der Waals surface area contributed by atoms with Gasteiger partial charge in [-0.1, -0.05) is 64.7 Å². The SMILES string of the molecule is CCCCSCCCCCCCCCCCC1CCCO1. The zero-order valence-electron chi connectivity index (χ0n) is 14.4. The maximum absolute atomic E-state index is 5.66. The van der Waals surface area contributed by atoms with Crippen molar-refractivity contribution < 1.29 is 4.74 Å². The third-order valence-corrected chi connectivity index (χ3v) is 5.64. The average molecular weight is 315 g/mol. The van der Waals surface area contributed by atoms with Gasteiger partial charge in [-0.3, -0.25) is 0 Å². The van der Waals surface area contributed by atoms with E-state index in [9.17, 15) is 0 Å². The van der Waals surface area contributed by atoms with Crippen molar-refractivity contribution in [3.05, 3.63) is 0 Å². The molecule has 0 aromatic rings. The summed E-state index contributed by atoms with van der Waals surface area (Å²) in [6.45, 7) is 3.30. The summed E-state index contributed by atoms with van der Waals surface area (Å²) in [4.78, 5) is 0. The second kappa shape index (κ2) is 15.2. The van der Waals surface area contributed by atoms with Crippen LogP contribution < -0.4 is 0 Å². The lowest BCUT2D eigenvalue weighted by molar-refractivity contribution is 0.102. The molecular weight excluding hydrogens is 276 g/mol. The summed E-state index contributed by atoms with van der Waals surface area (Å²) in [5.74, 6) is 2.77. The van der Waals surface area contributed by atoms with Crippen LogP contribution in [0.1, 0.15) is 96.8 Å². The van der Waals surface area contributed by atoms with E-state index in [1.165, 1.54) is 101 Å². The third-order valence-electron chi connectivity index (χ3n) is 4.48. The van der Waals surface area contributed by atoms with Gasteiger partial charge in [-0.2, -0.15) is 11.8 Å². The maximum Gasteiger partial charge on any atom is 0.0576 e. The number of hydrogen-bond donors (Lipinski definition) is 0. The molecule has 0 aliphatic carbocycles. The molecular formula is C19H38OS. The maximum atomic E-state index is 5.66. The van der Waals surface area contributed by atoms with E-state index in [2.05, 4.69) is 18.7 Å². The van der Waals surface area contributed by atoms with E-state index in [0.717, 1.165) is 6.61 Å². The van der Waals surface area contributed by atoms with Crippen LogP contribution >= 0.6 is 11.8 Å². The summed E-state index contributed by atoms with van der Waals surface area (Å²) >= 11 is 2.16. The Morgan fingerprint density at radius 3 is 2.05 bits per heavy atom. The quantitative estimate of drug-likeness (QED) is 0.315. The smallest absolute Gasteiger partial charge is 0.0576 e. The monoisotopic (exact) mass is 314 g/mol. The topological polar surface area (TPSA) is 9.23 Å². The summed E-state index contributed by atoms with van der Waals surface area (Å²) < 4.78 is 5.66. The van der Waals surface area contributed by atoms with Crippen LogP contribution in [0.25, 0.3) is 0 Å². The van der Waals surface area contributed by atoms with Crippen molar-refractivity contribution in [2.24, 2.45) is 0 Å². The van der Waals surface area contributed by atoms with Gasteiger partial charge in [0.05, 0.1) is 6.10 Å². The average Bonchev–Trinajstić information content (AvgIpc) is 3.01. The molecule has 2 heteroatoms. The van der Waals surface area contributed by atoms with Crippen molar-refractivity contribution in [1.29, 1.82) is 0 Å². The normalized spacial score (nSPS) is 18.4. The van der Waals surface area contributed by atoms with Gasteiger partial charge in [0.2, 0.25) is 0 Å². The molecule has 126 valence electrons. The molecule has 1 nitrogen and oxygen atoms in total. The van der Waals surface area contributed by atoms with Crippen LogP contribution in [0, 0.1) is 0 Å². The molecule has 1 atom stereocenters. The first kappa shape index (κ1) is 19.4. The van der Waals surface area contributed by atoms with E-state index < -0.39 is 0 Å². The second-order valence-electron chi connectivity index (χ2n) is 6.57. The van der Waals surface area contributed by atoms with Crippen LogP contribution in [-0.4, -0.2) is 24.2 Å². The lowest BCUT2D eigenvalue weighted by atomic mass is 10.0. The fourth-order valence-corrected chi connectivity index (χ4v) is 4.14. The molecule has 1 saturated heterocycles. The summed E-state index contributed by atoms with van der Waals surface area (Å²) in [6, 6.07) is 0. The molecule has 0 saturated carbocycles. The minimum absolute atomic E-state index is 0.611. The molecule has 1 aliphatic heterocycles. The van der Waals surface area contributed by atoms with Gasteiger partial charge >= 0.3 is 0 Å². The van der Waals surface area contributed by atoms with Gasteiger partial charge in [0.25, 0.3) is 0 Å². The molecule has 1 aliphatic rings. The van der Waals surface area contributed by atoms with Crippen LogP contribution in [0.4, 0.5) is 0 Å². The van der Waals surface area contributed by atoms with Gasteiger partial charge in [-0.05, 0) is 43.6 Å². The summed E-state index contributed by atoms with van der Waals surface area (Å²) in [5, 5.41) is 0. The number of rotatable bonds is 15. The molecule has 0 aromatic heterocycles. The Kier molecular flexibility index (Phi) is 14.0. The van der Waals surface area contributed by atoms with Gasteiger partial charge in [0, 0.05) is 6.61 Å². The number of ether oxygens (including phenoxy) is 1. The molecule has 0 spiro atoms. The van der Waals surface area contributed by atoms with Gasteiger partial charge < -0.3 is 4.74 Å². The minimum atomic E-state index is 0.611. The van der Waals surface area contributed by atoms with Crippen LogP contribution in [-0.2, 0) is 4.74 Å². The van der Waals surface area contributed by atoms with Crippen LogP contribution in [0.15, 0.2) is 0 Å². The van der Waals surface area contributed by atoms with Crippen molar-refractivity contribution in [2.75, 3.05) is 18.1 Å². The van der Waals surface area contributed by atoms with E-state index in [4.69, 9.17) is 4.74 Å². The van der Waals surface area contributed by atoms with E-state index in [1.807, 2.05) is 0 Å². The highest BCUT2D eigenvalue weighted by molar-refractivity contribution is 7.99. The molecule has 0 aromatic carbocycles. The predicted molar refractivity (Wildman–Crippen MR) is 97.4 cm³/mol. The molecule has 1 heterocycles. The largest absolute Gasteiger partial charge is 0.378 e. The van der Waals surface area contributed by atoms with Gasteiger partial charge in [0.15, 0.2) is 0 Å². The number of hydrogen-bond acceptors (Lipinski definition) is 2. The van der Waals surface area contributed by atoms with E-state index >= 15 is 0 Å². The molecule has 1 fully saturated rings. The van der Waals surface area contributed by atoms with Gasteiger partial charge in [0.1, 0.15) is 0 Å². The highest BCUT2D eigenvalue weighted by atomic mass is 32.2. The summed E-state index contributed by atoms with van der Waals surface area (Å²) in [6.07, 6.45) is 20.3. The Labute approximate surface area is 138 Å². The fourth-order valence-electron chi connectivity index (χ4n) is 3.03. The van der Waals surface area contributed by atoms with E-state index in [0.29, 0.717) is 6.10 Å². The first-order chi connectivity index (χ1) is 10.4. The summed E-state index contributed by atoms with van der Waals surface area (Å²) in [5.41, 5.74) is 0. The Balaban J connectivity index is 1.65. The van der Waals surface area contributed by atoms with Crippen molar-refractivity contribution in [3.63, 3.8) is 0 Å². The van der Waals surface area contributed by atoms with Crippen molar-refractivity contribution in [2.45, 2.75) is 103 Å². The summed E-state index contributed by atoms with van der Waals surface area (Å²) in [7, 11) is 0.